The zero-order chi connectivity index (χ0) is 19.8. The minimum atomic E-state index is -0.399. The smallest absolute Gasteiger partial charge is 0.274 e. The molecule has 28 heavy (non-hydrogen) atoms. The fourth-order valence-corrected chi connectivity index (χ4v) is 2.45. The van der Waals surface area contributed by atoms with Crippen molar-refractivity contribution in [2.24, 2.45) is 4.99 Å². The summed E-state index contributed by atoms with van der Waals surface area (Å²) in [6, 6.07) is 13.9. The molecule has 2 aromatic rings. The molecule has 0 spiro atoms. The zero-order valence-electron chi connectivity index (χ0n) is 16.0. The number of nitrogens with zero attached hydrogens (tertiary/aromatic N) is 3. The molecule has 0 aliphatic carbocycles. The monoisotopic (exact) mass is 497 g/mol. The van der Waals surface area contributed by atoms with Crippen molar-refractivity contribution in [3.63, 3.8) is 0 Å². The fraction of sp³-hybridized carbons (Fsp3) is 0.263. The summed E-state index contributed by atoms with van der Waals surface area (Å²) in [6.45, 7) is 0.792. The van der Waals surface area contributed by atoms with Gasteiger partial charge in [0.05, 0.1) is 4.92 Å². The average molecular weight is 497 g/mol. The van der Waals surface area contributed by atoms with Crippen LogP contribution in [0.2, 0.25) is 0 Å². The van der Waals surface area contributed by atoms with Crippen molar-refractivity contribution in [2.45, 2.75) is 13.1 Å². The van der Waals surface area contributed by atoms with Gasteiger partial charge in [-0.1, -0.05) is 30.3 Å². The number of aliphatic imine (C=N–C) groups is 1. The molecule has 0 saturated heterocycles. The first-order valence-corrected chi connectivity index (χ1v) is 8.39. The molecule has 2 rings (SSSR count). The third-order valence-electron chi connectivity index (χ3n) is 3.93. The third-order valence-corrected chi connectivity index (χ3v) is 3.93. The zero-order valence-corrected chi connectivity index (χ0v) is 18.3. The molecule has 0 atom stereocenters. The molecule has 8 nitrogen and oxygen atoms in total. The summed E-state index contributed by atoms with van der Waals surface area (Å²) in [4.78, 5) is 28.2. The predicted octanol–water partition coefficient (Wildman–Crippen LogP) is 2.78. The molecule has 1 amide bonds. The second-order valence-corrected chi connectivity index (χ2v) is 6.06. The van der Waals surface area contributed by atoms with Gasteiger partial charge in [0.15, 0.2) is 5.96 Å². The summed E-state index contributed by atoms with van der Waals surface area (Å²) in [5.74, 6) is 0.484. The van der Waals surface area contributed by atoms with Gasteiger partial charge in [0.25, 0.3) is 11.6 Å². The van der Waals surface area contributed by atoms with Gasteiger partial charge in [0.2, 0.25) is 0 Å². The Morgan fingerprint density at radius 1 is 1.07 bits per heavy atom. The lowest BCUT2D eigenvalue weighted by Crippen LogP contribution is -2.36. The number of amides is 1. The van der Waals surface area contributed by atoms with Gasteiger partial charge in [-0.15, -0.1) is 24.0 Å². The molecule has 0 aliphatic heterocycles. The number of para-hydroxylation sites is 1. The summed E-state index contributed by atoms with van der Waals surface area (Å²) < 4.78 is 0. The number of rotatable bonds is 6. The number of halogens is 1. The highest BCUT2D eigenvalue weighted by Crippen LogP contribution is 2.17. The first-order chi connectivity index (χ1) is 12.9. The molecule has 0 radical (unpaired) electrons. The lowest BCUT2D eigenvalue weighted by Gasteiger charge is -2.13. The molecule has 0 fully saturated rings. The molecule has 0 bridgehead atoms. The Bertz CT molecular complexity index is 838. The number of nitro groups is 1. The quantitative estimate of drug-likeness (QED) is 0.210. The Kier molecular flexibility index (Phi) is 9.36. The van der Waals surface area contributed by atoms with Gasteiger partial charge < -0.3 is 15.5 Å². The number of carbonyl (C=O) groups is 1. The van der Waals surface area contributed by atoms with Crippen LogP contribution < -0.4 is 10.6 Å². The number of carbonyl (C=O) groups excluding carboxylic acids is 1. The number of nitro benzene ring substituents is 1. The highest BCUT2D eigenvalue weighted by atomic mass is 127. The van der Waals surface area contributed by atoms with Gasteiger partial charge in [-0.05, 0) is 17.7 Å². The van der Waals surface area contributed by atoms with E-state index in [-0.39, 0.29) is 42.1 Å². The lowest BCUT2D eigenvalue weighted by molar-refractivity contribution is -0.385. The number of nitrogens with one attached hydrogen (secondary N) is 2. The van der Waals surface area contributed by atoms with Gasteiger partial charge in [0, 0.05) is 51.4 Å². The van der Waals surface area contributed by atoms with Crippen molar-refractivity contribution in [1.29, 1.82) is 0 Å². The van der Waals surface area contributed by atoms with E-state index >= 15 is 0 Å². The molecule has 150 valence electrons. The van der Waals surface area contributed by atoms with Crippen molar-refractivity contribution < 1.29 is 9.72 Å². The summed E-state index contributed by atoms with van der Waals surface area (Å²) >= 11 is 0. The van der Waals surface area contributed by atoms with E-state index in [2.05, 4.69) is 15.6 Å². The Morgan fingerprint density at radius 3 is 2.25 bits per heavy atom. The Balaban J connectivity index is 0.00000392. The van der Waals surface area contributed by atoms with E-state index < -0.39 is 4.92 Å². The minimum absolute atomic E-state index is 0. The average Bonchev–Trinajstić information content (AvgIpc) is 2.68. The minimum Gasteiger partial charge on any atom is -0.352 e. The van der Waals surface area contributed by atoms with Crippen LogP contribution in [-0.2, 0) is 13.1 Å². The molecule has 0 saturated carbocycles. The molecular formula is C19H24IN5O3. The number of benzene rings is 2. The first-order valence-electron chi connectivity index (χ1n) is 8.39. The van der Waals surface area contributed by atoms with Crippen LogP contribution >= 0.6 is 24.0 Å². The van der Waals surface area contributed by atoms with E-state index in [1.54, 1.807) is 51.5 Å². The molecule has 2 N–H and O–H groups in total. The maximum Gasteiger partial charge on any atom is 0.274 e. The summed E-state index contributed by atoms with van der Waals surface area (Å²) in [5.41, 5.74) is 2.26. The van der Waals surface area contributed by atoms with E-state index in [0.29, 0.717) is 23.6 Å². The van der Waals surface area contributed by atoms with Crippen LogP contribution in [0.25, 0.3) is 0 Å². The maximum atomic E-state index is 11.9. The third kappa shape index (κ3) is 6.48. The topological polar surface area (TPSA) is 99.9 Å². The van der Waals surface area contributed by atoms with Crippen LogP contribution in [0.5, 0.6) is 0 Å². The van der Waals surface area contributed by atoms with E-state index in [9.17, 15) is 14.9 Å². The van der Waals surface area contributed by atoms with Crippen molar-refractivity contribution >= 4 is 41.5 Å². The van der Waals surface area contributed by atoms with Crippen LogP contribution in [0.3, 0.4) is 0 Å². The van der Waals surface area contributed by atoms with Crippen molar-refractivity contribution in [2.75, 3.05) is 21.1 Å². The first kappa shape index (κ1) is 23.3. The van der Waals surface area contributed by atoms with Crippen molar-refractivity contribution in [1.82, 2.24) is 15.5 Å². The van der Waals surface area contributed by atoms with E-state index in [4.69, 9.17) is 0 Å². The number of guanidine groups is 1. The van der Waals surface area contributed by atoms with Crippen LogP contribution in [-0.4, -0.2) is 42.8 Å². The van der Waals surface area contributed by atoms with Crippen LogP contribution in [0.4, 0.5) is 5.69 Å². The predicted molar refractivity (Wildman–Crippen MR) is 120 cm³/mol. The second kappa shape index (κ2) is 11.2. The van der Waals surface area contributed by atoms with Gasteiger partial charge >= 0.3 is 0 Å². The van der Waals surface area contributed by atoms with Crippen molar-refractivity contribution in [3.8, 4) is 0 Å². The number of hydrogen-bond acceptors (Lipinski definition) is 4. The van der Waals surface area contributed by atoms with E-state index in [0.717, 1.165) is 5.56 Å². The highest BCUT2D eigenvalue weighted by molar-refractivity contribution is 14.0. The molecule has 9 heteroatoms. The van der Waals surface area contributed by atoms with Gasteiger partial charge in [0.1, 0.15) is 0 Å². The highest BCUT2D eigenvalue weighted by Gasteiger charge is 2.12. The normalized spacial score (nSPS) is 10.6. The molecular weight excluding hydrogens is 473 g/mol. The molecule has 0 aromatic heterocycles. The van der Waals surface area contributed by atoms with E-state index in [1.165, 1.54) is 11.0 Å². The van der Waals surface area contributed by atoms with Crippen LogP contribution in [0.1, 0.15) is 21.5 Å². The van der Waals surface area contributed by atoms with Crippen LogP contribution in [0, 0.1) is 10.1 Å². The lowest BCUT2D eigenvalue weighted by atomic mass is 10.1. The largest absolute Gasteiger partial charge is 0.352 e. The summed E-state index contributed by atoms with van der Waals surface area (Å²) in [7, 11) is 5.06. The molecule has 0 unspecified atom stereocenters. The van der Waals surface area contributed by atoms with Gasteiger partial charge in [-0.2, -0.15) is 0 Å². The molecule has 0 heterocycles. The van der Waals surface area contributed by atoms with Crippen molar-refractivity contribution in [3.05, 3.63) is 75.3 Å². The van der Waals surface area contributed by atoms with E-state index in [1.807, 2.05) is 12.1 Å². The fourth-order valence-electron chi connectivity index (χ4n) is 2.45. The Morgan fingerprint density at radius 2 is 1.68 bits per heavy atom. The summed E-state index contributed by atoms with van der Waals surface area (Å²) in [5, 5.41) is 17.3. The Labute approximate surface area is 181 Å². The van der Waals surface area contributed by atoms with Crippen LogP contribution in [0.15, 0.2) is 53.5 Å². The van der Waals surface area contributed by atoms with Gasteiger partial charge in [-0.25, -0.2) is 0 Å². The maximum absolute atomic E-state index is 11.9. The number of hydrogen-bond donors (Lipinski definition) is 2. The molecule has 0 aliphatic rings. The standard InChI is InChI=1S/C19H23N5O3.HI/c1-20-19(22-13-16-6-4-5-7-17(16)24(26)27)21-12-14-8-10-15(11-9-14)18(25)23(2)3;/h4-11H,12-13H2,1-3H3,(H2,20,21,22);1H. The van der Waals surface area contributed by atoms with Gasteiger partial charge in [-0.3, -0.25) is 19.9 Å². The molecule has 2 aromatic carbocycles. The Hall–Kier alpha value is -2.69. The second-order valence-electron chi connectivity index (χ2n) is 6.06. The SMILES string of the molecule is CN=C(NCc1ccc(C(=O)N(C)C)cc1)NCc1ccccc1[N+](=O)[O-].I. The summed E-state index contributed by atoms with van der Waals surface area (Å²) in [6.07, 6.45) is 0.